The largest absolute Gasteiger partial charge is 0.419 e. The molecule has 5 nitrogen and oxygen atoms in total. The van der Waals surface area contributed by atoms with Gasteiger partial charge in [-0.25, -0.2) is 4.39 Å². The average molecular weight is 471 g/mol. The summed E-state index contributed by atoms with van der Waals surface area (Å²) >= 11 is 0. The predicted molar refractivity (Wildman–Crippen MR) is 119 cm³/mol. The normalized spacial score (nSPS) is 15.9. The Morgan fingerprint density at radius 2 is 1.85 bits per heavy atom. The van der Waals surface area contributed by atoms with Gasteiger partial charge in [0.05, 0.1) is 42.9 Å². The van der Waals surface area contributed by atoms with Crippen molar-refractivity contribution in [2.24, 2.45) is 0 Å². The van der Waals surface area contributed by atoms with Gasteiger partial charge in [0.2, 0.25) is 0 Å². The van der Waals surface area contributed by atoms with Crippen LogP contribution in [-0.2, 0) is 23.9 Å². The molecule has 0 unspecified atom stereocenters. The van der Waals surface area contributed by atoms with Gasteiger partial charge in [-0.2, -0.15) is 13.2 Å². The Morgan fingerprint density at radius 1 is 1.06 bits per heavy atom. The first-order valence-electron chi connectivity index (χ1n) is 10.9. The summed E-state index contributed by atoms with van der Waals surface area (Å²) in [6, 6.07) is 8.05. The number of fused-ring (bicyclic) bond motifs is 1. The number of aromatic nitrogens is 2. The molecule has 1 fully saturated rings. The zero-order chi connectivity index (χ0) is 23.9. The Hall–Kier alpha value is -3.46. The Kier molecular flexibility index (Phi) is 5.73. The van der Waals surface area contributed by atoms with Crippen molar-refractivity contribution in [2.75, 3.05) is 31.2 Å². The van der Waals surface area contributed by atoms with Crippen molar-refractivity contribution in [1.82, 2.24) is 9.55 Å². The van der Waals surface area contributed by atoms with E-state index in [-0.39, 0.29) is 17.7 Å². The number of benzene rings is 1. The van der Waals surface area contributed by atoms with Gasteiger partial charge in [0.15, 0.2) is 0 Å². The molecule has 2 aliphatic rings. The van der Waals surface area contributed by atoms with Crippen LogP contribution >= 0.6 is 0 Å². The molecular formula is C25H21F4N3O2. The molecule has 0 amide bonds. The number of pyridine rings is 2. The molecule has 3 heterocycles. The molecule has 0 saturated carbocycles. The number of anilines is 1. The molecule has 34 heavy (non-hydrogen) atoms. The molecule has 1 aliphatic heterocycles. The maximum absolute atomic E-state index is 13.9. The second-order valence-electron chi connectivity index (χ2n) is 8.30. The smallest absolute Gasteiger partial charge is 0.378 e. The molecule has 0 bridgehead atoms. The molecule has 176 valence electrons. The topological polar surface area (TPSA) is 47.4 Å². The van der Waals surface area contributed by atoms with E-state index in [1.54, 1.807) is 12.3 Å². The van der Waals surface area contributed by atoms with E-state index in [1.807, 2.05) is 12.3 Å². The summed E-state index contributed by atoms with van der Waals surface area (Å²) in [5, 5.41) is 0. The number of rotatable bonds is 4. The first-order chi connectivity index (χ1) is 16.3. The molecule has 0 radical (unpaired) electrons. The zero-order valence-electron chi connectivity index (χ0n) is 18.1. The lowest BCUT2D eigenvalue weighted by Crippen LogP contribution is -2.36. The Balaban J connectivity index is 1.38. The zero-order valence-corrected chi connectivity index (χ0v) is 18.1. The van der Waals surface area contributed by atoms with Crippen LogP contribution in [0.1, 0.15) is 27.9 Å². The molecule has 1 aliphatic carbocycles. The minimum absolute atomic E-state index is 0.0352. The van der Waals surface area contributed by atoms with E-state index in [1.165, 1.54) is 16.7 Å². The third-order valence-electron chi connectivity index (χ3n) is 6.12. The number of ether oxygens (including phenoxy) is 1. The quantitative estimate of drug-likeness (QED) is 0.534. The SMILES string of the molecule is O=c1cc(C2=CCc3ncc(N4CCOCC4)cc32)ccn1Cc1ccc(C(F)(F)F)c(F)c1. The third-order valence-corrected chi connectivity index (χ3v) is 6.12. The van der Waals surface area contributed by atoms with Crippen molar-refractivity contribution in [3.63, 3.8) is 0 Å². The molecule has 0 atom stereocenters. The van der Waals surface area contributed by atoms with Gasteiger partial charge in [0.1, 0.15) is 5.82 Å². The number of halogens is 4. The van der Waals surface area contributed by atoms with Crippen LogP contribution in [0, 0.1) is 5.82 Å². The van der Waals surface area contributed by atoms with E-state index in [0.717, 1.165) is 47.2 Å². The Bertz CT molecular complexity index is 1320. The molecule has 3 aromatic rings. The molecule has 0 N–H and O–H groups in total. The molecular weight excluding hydrogens is 450 g/mol. The minimum atomic E-state index is -4.76. The van der Waals surface area contributed by atoms with E-state index >= 15 is 0 Å². The van der Waals surface area contributed by atoms with Crippen molar-refractivity contribution >= 4 is 11.3 Å². The molecule has 9 heteroatoms. The molecule has 1 saturated heterocycles. The third kappa shape index (κ3) is 4.35. The lowest BCUT2D eigenvalue weighted by Gasteiger charge is -2.29. The number of morpholine rings is 1. The highest BCUT2D eigenvalue weighted by molar-refractivity contribution is 5.85. The number of allylic oxidation sites excluding steroid dienone is 1. The summed E-state index contributed by atoms with van der Waals surface area (Å²) in [5.74, 6) is -1.36. The number of alkyl halides is 3. The van der Waals surface area contributed by atoms with Crippen LogP contribution in [0.4, 0.5) is 23.2 Å². The van der Waals surface area contributed by atoms with Crippen molar-refractivity contribution in [3.05, 3.63) is 99.0 Å². The van der Waals surface area contributed by atoms with Gasteiger partial charge >= 0.3 is 6.18 Å². The number of hydrogen-bond donors (Lipinski definition) is 0. The van der Waals surface area contributed by atoms with Gasteiger partial charge in [-0.15, -0.1) is 0 Å². The Morgan fingerprint density at radius 3 is 2.56 bits per heavy atom. The van der Waals surface area contributed by atoms with Crippen LogP contribution in [-0.4, -0.2) is 35.9 Å². The van der Waals surface area contributed by atoms with Gasteiger partial charge in [-0.1, -0.05) is 12.1 Å². The summed E-state index contributed by atoms with van der Waals surface area (Å²) in [4.78, 5) is 19.6. The van der Waals surface area contributed by atoms with Crippen LogP contribution in [0.3, 0.4) is 0 Å². The summed E-state index contributed by atoms with van der Waals surface area (Å²) in [6.45, 7) is 2.88. The monoisotopic (exact) mass is 471 g/mol. The van der Waals surface area contributed by atoms with Gasteiger partial charge in [-0.3, -0.25) is 9.78 Å². The highest BCUT2D eigenvalue weighted by atomic mass is 19.4. The van der Waals surface area contributed by atoms with Crippen LogP contribution in [0.2, 0.25) is 0 Å². The van der Waals surface area contributed by atoms with E-state index in [2.05, 4.69) is 16.0 Å². The van der Waals surface area contributed by atoms with E-state index < -0.39 is 17.6 Å². The second kappa shape index (κ2) is 8.72. The maximum atomic E-state index is 13.9. The lowest BCUT2D eigenvalue weighted by atomic mass is 10.0. The number of hydrogen-bond acceptors (Lipinski definition) is 4. The van der Waals surface area contributed by atoms with Gasteiger partial charge < -0.3 is 14.2 Å². The van der Waals surface area contributed by atoms with Gasteiger partial charge in [-0.05, 0) is 41.0 Å². The fourth-order valence-electron chi connectivity index (χ4n) is 4.34. The van der Waals surface area contributed by atoms with E-state index in [0.29, 0.717) is 25.7 Å². The molecule has 2 aromatic heterocycles. The maximum Gasteiger partial charge on any atom is 0.419 e. The summed E-state index contributed by atoms with van der Waals surface area (Å²) in [6.07, 6.45) is 1.38. The molecule has 0 spiro atoms. The van der Waals surface area contributed by atoms with Crippen molar-refractivity contribution in [1.29, 1.82) is 0 Å². The van der Waals surface area contributed by atoms with Crippen LogP contribution < -0.4 is 10.5 Å². The highest BCUT2D eigenvalue weighted by Crippen LogP contribution is 2.34. The average Bonchev–Trinajstić information content (AvgIpc) is 3.23. The lowest BCUT2D eigenvalue weighted by molar-refractivity contribution is -0.140. The van der Waals surface area contributed by atoms with Crippen molar-refractivity contribution in [2.45, 2.75) is 19.1 Å². The summed E-state index contributed by atoms with van der Waals surface area (Å²) < 4.78 is 59.0. The Labute approximate surface area is 192 Å². The van der Waals surface area contributed by atoms with Crippen molar-refractivity contribution in [3.8, 4) is 0 Å². The van der Waals surface area contributed by atoms with Crippen LogP contribution in [0.5, 0.6) is 0 Å². The summed E-state index contributed by atoms with van der Waals surface area (Å²) in [7, 11) is 0. The minimum Gasteiger partial charge on any atom is -0.378 e. The molecule has 5 rings (SSSR count). The fraction of sp³-hybridized carbons (Fsp3) is 0.280. The van der Waals surface area contributed by atoms with Crippen molar-refractivity contribution < 1.29 is 22.3 Å². The van der Waals surface area contributed by atoms with Gasteiger partial charge in [0.25, 0.3) is 5.56 Å². The van der Waals surface area contributed by atoms with Crippen LogP contribution in [0.15, 0.2) is 59.7 Å². The number of nitrogens with zero attached hydrogens (tertiary/aromatic N) is 3. The first kappa shape index (κ1) is 22.3. The second-order valence-corrected chi connectivity index (χ2v) is 8.30. The van der Waals surface area contributed by atoms with Gasteiger partial charge in [0, 0.05) is 37.3 Å². The standard InChI is InChI=1S/C25H21F4N3O2/c26-22-11-16(1-3-21(22)25(27,28)29)15-32-6-5-17(12-24(32)33)19-2-4-23-20(19)13-18(14-30-23)31-7-9-34-10-8-31/h1-3,5-6,11-14H,4,7-10,15H2. The molecule has 1 aromatic carbocycles. The fourth-order valence-corrected chi connectivity index (χ4v) is 4.34. The highest BCUT2D eigenvalue weighted by Gasteiger charge is 2.33. The van der Waals surface area contributed by atoms with Crippen LogP contribution in [0.25, 0.3) is 5.57 Å². The summed E-state index contributed by atoms with van der Waals surface area (Å²) in [5.41, 5.74) is 3.20. The van der Waals surface area contributed by atoms with E-state index in [9.17, 15) is 22.4 Å². The predicted octanol–water partition coefficient (Wildman–Crippen LogP) is 4.27. The van der Waals surface area contributed by atoms with E-state index in [4.69, 9.17) is 4.74 Å². The first-order valence-corrected chi connectivity index (χ1v) is 10.9.